The van der Waals surface area contributed by atoms with Gasteiger partial charge in [-0.1, -0.05) is 20.8 Å². The van der Waals surface area contributed by atoms with Crippen LogP contribution < -0.4 is 5.32 Å². The number of hydrogen-bond donors (Lipinski definition) is 1. The van der Waals surface area contributed by atoms with Crippen molar-refractivity contribution in [3.63, 3.8) is 0 Å². The van der Waals surface area contributed by atoms with Crippen molar-refractivity contribution in [3.05, 3.63) is 18.5 Å². The molecule has 0 radical (unpaired) electrons. The molecule has 0 aliphatic rings. The molecule has 1 rings (SSSR count). The van der Waals surface area contributed by atoms with E-state index in [0.29, 0.717) is 5.69 Å². The highest BCUT2D eigenvalue weighted by molar-refractivity contribution is 5.94. The molecule has 1 heterocycles. The number of nitrogens with one attached hydrogen (secondary N) is 1. The lowest BCUT2D eigenvalue weighted by molar-refractivity contribution is -0.123. The molecule has 4 nitrogen and oxygen atoms in total. The third kappa shape index (κ3) is 2.82. The van der Waals surface area contributed by atoms with Crippen molar-refractivity contribution in [1.29, 1.82) is 0 Å². The van der Waals surface area contributed by atoms with E-state index in [2.05, 4.69) is 15.5 Å². The molecule has 13 heavy (non-hydrogen) atoms. The van der Waals surface area contributed by atoms with Crippen molar-refractivity contribution in [2.24, 2.45) is 5.41 Å². The highest BCUT2D eigenvalue weighted by atomic mass is 16.2. The Labute approximate surface area is 77.4 Å². The minimum absolute atomic E-state index is 0.0273. The standard InChI is InChI=1S/C9H13N3O/c1-9(2,3)8(13)12-7-4-5-10-11-6-7/h4-6H,1-3H3,(H,10,12,13). The summed E-state index contributed by atoms with van der Waals surface area (Å²) in [6.07, 6.45) is 3.06. The Morgan fingerprint density at radius 3 is 2.54 bits per heavy atom. The van der Waals surface area contributed by atoms with Crippen molar-refractivity contribution in [1.82, 2.24) is 10.2 Å². The van der Waals surface area contributed by atoms with Crippen molar-refractivity contribution in [2.45, 2.75) is 20.8 Å². The summed E-state index contributed by atoms with van der Waals surface area (Å²) in [4.78, 5) is 11.5. The second-order valence-electron chi connectivity index (χ2n) is 3.84. The van der Waals surface area contributed by atoms with Crippen LogP contribution in [0.15, 0.2) is 18.5 Å². The fourth-order valence-electron chi connectivity index (χ4n) is 0.683. The van der Waals surface area contributed by atoms with E-state index in [4.69, 9.17) is 0 Å². The quantitative estimate of drug-likeness (QED) is 0.710. The maximum absolute atomic E-state index is 11.5. The first-order valence-electron chi connectivity index (χ1n) is 4.08. The summed E-state index contributed by atoms with van der Waals surface area (Å²) in [7, 11) is 0. The number of nitrogens with zero attached hydrogens (tertiary/aromatic N) is 2. The van der Waals surface area contributed by atoms with Crippen LogP contribution in [-0.4, -0.2) is 16.1 Å². The maximum atomic E-state index is 11.5. The predicted molar refractivity (Wildman–Crippen MR) is 50.1 cm³/mol. The molecule has 0 saturated carbocycles. The van der Waals surface area contributed by atoms with Crippen LogP contribution in [0, 0.1) is 5.41 Å². The molecule has 1 aromatic rings. The number of carbonyl (C=O) groups is 1. The second kappa shape index (κ2) is 3.51. The Hall–Kier alpha value is -1.45. The zero-order chi connectivity index (χ0) is 9.90. The van der Waals surface area contributed by atoms with Crippen LogP contribution in [0.2, 0.25) is 0 Å². The molecule has 1 amide bonds. The summed E-state index contributed by atoms with van der Waals surface area (Å²) in [5.41, 5.74) is 0.290. The molecule has 70 valence electrons. The van der Waals surface area contributed by atoms with Crippen molar-refractivity contribution in [3.8, 4) is 0 Å². The molecule has 0 aliphatic heterocycles. The summed E-state index contributed by atoms with van der Waals surface area (Å²) in [5, 5.41) is 10.0. The van der Waals surface area contributed by atoms with Crippen LogP contribution in [0.5, 0.6) is 0 Å². The molecule has 0 bridgehead atoms. The average Bonchev–Trinajstić information content (AvgIpc) is 2.04. The Kier molecular flexibility index (Phi) is 2.60. The second-order valence-corrected chi connectivity index (χ2v) is 3.84. The molecule has 1 N–H and O–H groups in total. The number of hydrogen-bond acceptors (Lipinski definition) is 3. The third-order valence-corrected chi connectivity index (χ3v) is 1.52. The van der Waals surface area contributed by atoms with Gasteiger partial charge in [0.15, 0.2) is 0 Å². The fraction of sp³-hybridized carbons (Fsp3) is 0.444. The molecule has 0 aromatic carbocycles. The van der Waals surface area contributed by atoms with Crippen LogP contribution in [0.1, 0.15) is 20.8 Å². The van der Waals surface area contributed by atoms with E-state index < -0.39 is 0 Å². The minimum Gasteiger partial charge on any atom is -0.324 e. The molecule has 0 fully saturated rings. The van der Waals surface area contributed by atoms with Gasteiger partial charge in [0.2, 0.25) is 5.91 Å². The van der Waals surface area contributed by atoms with E-state index in [1.54, 1.807) is 6.07 Å². The van der Waals surface area contributed by atoms with Crippen molar-refractivity contribution < 1.29 is 4.79 Å². The minimum atomic E-state index is -0.386. The molecule has 0 saturated heterocycles. The van der Waals surface area contributed by atoms with Gasteiger partial charge in [0, 0.05) is 5.41 Å². The summed E-state index contributed by atoms with van der Waals surface area (Å²) in [6, 6.07) is 1.70. The Bertz CT molecular complexity index is 289. The molecule has 0 atom stereocenters. The molecule has 4 heteroatoms. The van der Waals surface area contributed by atoms with Gasteiger partial charge in [-0.25, -0.2) is 0 Å². The van der Waals surface area contributed by atoms with E-state index in [1.807, 2.05) is 20.8 Å². The van der Waals surface area contributed by atoms with Crippen LogP contribution in [0.3, 0.4) is 0 Å². The Morgan fingerprint density at radius 2 is 2.08 bits per heavy atom. The average molecular weight is 179 g/mol. The summed E-state index contributed by atoms with van der Waals surface area (Å²) in [6.45, 7) is 5.57. The lowest BCUT2D eigenvalue weighted by Gasteiger charge is -2.17. The van der Waals surface area contributed by atoms with Crippen LogP contribution in [0.25, 0.3) is 0 Å². The lowest BCUT2D eigenvalue weighted by atomic mass is 9.96. The van der Waals surface area contributed by atoms with Gasteiger partial charge in [-0.3, -0.25) is 4.79 Å². The zero-order valence-corrected chi connectivity index (χ0v) is 8.03. The number of aromatic nitrogens is 2. The van der Waals surface area contributed by atoms with E-state index in [0.717, 1.165) is 0 Å². The van der Waals surface area contributed by atoms with E-state index in [9.17, 15) is 4.79 Å². The first kappa shape index (κ1) is 9.64. The number of carbonyl (C=O) groups excluding carboxylic acids is 1. The number of amides is 1. The maximum Gasteiger partial charge on any atom is 0.229 e. The normalized spacial score (nSPS) is 11.0. The smallest absolute Gasteiger partial charge is 0.229 e. The van der Waals surface area contributed by atoms with E-state index in [-0.39, 0.29) is 11.3 Å². The fourth-order valence-corrected chi connectivity index (χ4v) is 0.683. The van der Waals surface area contributed by atoms with E-state index >= 15 is 0 Å². The van der Waals surface area contributed by atoms with Gasteiger partial charge in [0.05, 0.1) is 18.1 Å². The first-order chi connectivity index (χ1) is 6.00. The van der Waals surface area contributed by atoms with Gasteiger partial charge >= 0.3 is 0 Å². The lowest BCUT2D eigenvalue weighted by Crippen LogP contribution is -2.27. The molecule has 1 aromatic heterocycles. The SMILES string of the molecule is CC(C)(C)C(=O)Nc1ccnnc1. The molecular formula is C9H13N3O. The van der Waals surface area contributed by atoms with E-state index in [1.165, 1.54) is 12.4 Å². The molecule has 0 spiro atoms. The summed E-state index contributed by atoms with van der Waals surface area (Å²) >= 11 is 0. The summed E-state index contributed by atoms with van der Waals surface area (Å²) < 4.78 is 0. The van der Waals surface area contributed by atoms with Crippen LogP contribution >= 0.6 is 0 Å². The van der Waals surface area contributed by atoms with Gasteiger partial charge in [0.1, 0.15) is 0 Å². The molecule has 0 aliphatic carbocycles. The van der Waals surface area contributed by atoms with Gasteiger partial charge in [-0.05, 0) is 6.07 Å². The van der Waals surface area contributed by atoms with Gasteiger partial charge in [0.25, 0.3) is 0 Å². The monoisotopic (exact) mass is 179 g/mol. The Balaban J connectivity index is 2.66. The topological polar surface area (TPSA) is 54.9 Å². The summed E-state index contributed by atoms with van der Waals surface area (Å²) in [5.74, 6) is -0.0273. The van der Waals surface area contributed by atoms with Gasteiger partial charge < -0.3 is 5.32 Å². The van der Waals surface area contributed by atoms with Crippen LogP contribution in [-0.2, 0) is 4.79 Å². The highest BCUT2D eigenvalue weighted by Gasteiger charge is 2.20. The molecule has 0 unspecified atom stereocenters. The van der Waals surface area contributed by atoms with Crippen LogP contribution in [0.4, 0.5) is 5.69 Å². The number of anilines is 1. The van der Waals surface area contributed by atoms with Crippen molar-refractivity contribution >= 4 is 11.6 Å². The Morgan fingerprint density at radius 1 is 1.38 bits per heavy atom. The predicted octanol–water partition coefficient (Wildman–Crippen LogP) is 1.46. The third-order valence-electron chi connectivity index (χ3n) is 1.52. The first-order valence-corrected chi connectivity index (χ1v) is 4.08. The van der Waals surface area contributed by atoms with Gasteiger partial charge in [-0.2, -0.15) is 10.2 Å². The zero-order valence-electron chi connectivity index (χ0n) is 8.03. The highest BCUT2D eigenvalue weighted by Crippen LogP contribution is 2.15. The van der Waals surface area contributed by atoms with Gasteiger partial charge in [-0.15, -0.1) is 0 Å². The van der Waals surface area contributed by atoms with Crippen molar-refractivity contribution in [2.75, 3.05) is 5.32 Å². The largest absolute Gasteiger partial charge is 0.324 e. The number of rotatable bonds is 1. The molecular weight excluding hydrogens is 166 g/mol.